The third-order valence-corrected chi connectivity index (χ3v) is 3.99. The predicted molar refractivity (Wildman–Crippen MR) is 59.2 cm³/mol. The zero-order valence-electron chi connectivity index (χ0n) is 9.32. The van der Waals surface area contributed by atoms with Gasteiger partial charge in [-0.15, -0.1) is 0 Å². The molecule has 0 bridgehead atoms. The molecule has 0 amide bonds. The standard InChI is InChI=1S/C9H20N2O3S/c1-10-15(12,13)6-5-11-9(7-14-2)8-3-4-8/h8-11H,3-7H2,1-2H3. The van der Waals surface area contributed by atoms with Crippen LogP contribution < -0.4 is 10.0 Å². The summed E-state index contributed by atoms with van der Waals surface area (Å²) in [5.74, 6) is 0.790. The summed E-state index contributed by atoms with van der Waals surface area (Å²) in [4.78, 5) is 0. The van der Waals surface area contributed by atoms with Crippen LogP contribution in [0.1, 0.15) is 12.8 Å². The molecule has 1 aliphatic rings. The molecule has 2 N–H and O–H groups in total. The quantitative estimate of drug-likeness (QED) is 0.599. The number of nitrogens with one attached hydrogen (secondary N) is 2. The minimum atomic E-state index is -3.09. The third kappa shape index (κ3) is 4.92. The molecule has 0 aromatic rings. The first-order chi connectivity index (χ1) is 7.09. The van der Waals surface area contributed by atoms with Gasteiger partial charge in [0.1, 0.15) is 0 Å². The Morgan fingerprint density at radius 2 is 2.13 bits per heavy atom. The molecule has 90 valence electrons. The maximum Gasteiger partial charge on any atom is 0.212 e. The average molecular weight is 236 g/mol. The largest absolute Gasteiger partial charge is 0.383 e. The van der Waals surface area contributed by atoms with Crippen molar-refractivity contribution in [1.29, 1.82) is 0 Å². The van der Waals surface area contributed by atoms with Crippen LogP contribution in [0.25, 0.3) is 0 Å². The number of hydrogen-bond donors (Lipinski definition) is 2. The lowest BCUT2D eigenvalue weighted by molar-refractivity contribution is 0.158. The first-order valence-electron chi connectivity index (χ1n) is 5.22. The highest BCUT2D eigenvalue weighted by Gasteiger charge is 2.30. The molecule has 15 heavy (non-hydrogen) atoms. The van der Waals surface area contributed by atoms with Crippen molar-refractivity contribution in [2.75, 3.05) is 33.1 Å². The summed E-state index contributed by atoms with van der Waals surface area (Å²) in [6, 6.07) is 0.307. The molecule has 1 fully saturated rings. The van der Waals surface area contributed by atoms with Gasteiger partial charge in [-0.1, -0.05) is 0 Å². The van der Waals surface area contributed by atoms with Crippen LogP contribution in [0.3, 0.4) is 0 Å². The summed E-state index contributed by atoms with van der Waals surface area (Å²) in [6.07, 6.45) is 2.44. The molecular weight excluding hydrogens is 216 g/mol. The molecule has 6 heteroatoms. The van der Waals surface area contributed by atoms with Gasteiger partial charge >= 0.3 is 0 Å². The maximum atomic E-state index is 11.1. The molecule has 1 aliphatic carbocycles. The molecule has 0 aromatic carbocycles. The zero-order valence-corrected chi connectivity index (χ0v) is 10.1. The normalized spacial score (nSPS) is 19.1. The van der Waals surface area contributed by atoms with E-state index in [9.17, 15) is 8.42 Å². The van der Waals surface area contributed by atoms with Crippen molar-refractivity contribution in [1.82, 2.24) is 10.0 Å². The number of rotatable bonds is 8. The van der Waals surface area contributed by atoms with Crippen LogP contribution in [0.15, 0.2) is 0 Å². The van der Waals surface area contributed by atoms with E-state index in [4.69, 9.17) is 4.74 Å². The number of ether oxygens (including phenoxy) is 1. The Kier molecular flexibility index (Phi) is 4.98. The van der Waals surface area contributed by atoms with Crippen molar-refractivity contribution in [3.05, 3.63) is 0 Å². The van der Waals surface area contributed by atoms with Crippen molar-refractivity contribution in [3.8, 4) is 0 Å². The highest BCUT2D eigenvalue weighted by atomic mass is 32.2. The summed E-state index contributed by atoms with van der Waals surface area (Å²) in [6.45, 7) is 1.14. The van der Waals surface area contributed by atoms with Gasteiger partial charge in [-0.25, -0.2) is 13.1 Å². The Morgan fingerprint density at radius 1 is 1.47 bits per heavy atom. The zero-order chi connectivity index (χ0) is 11.3. The van der Waals surface area contributed by atoms with Gasteiger partial charge in [-0.05, 0) is 25.8 Å². The molecule has 5 nitrogen and oxygen atoms in total. The van der Waals surface area contributed by atoms with E-state index in [0.717, 1.165) is 0 Å². The summed E-state index contributed by atoms with van der Waals surface area (Å²) in [7, 11) is 0.0127. The second kappa shape index (κ2) is 5.79. The Hall–Kier alpha value is -0.170. The van der Waals surface area contributed by atoms with E-state index in [2.05, 4.69) is 10.0 Å². The SMILES string of the molecule is CNS(=O)(=O)CCNC(COC)C1CC1. The fraction of sp³-hybridized carbons (Fsp3) is 1.00. The van der Waals surface area contributed by atoms with Crippen LogP contribution in [0.4, 0.5) is 0 Å². The van der Waals surface area contributed by atoms with Crippen molar-refractivity contribution >= 4 is 10.0 Å². The van der Waals surface area contributed by atoms with E-state index >= 15 is 0 Å². The second-order valence-electron chi connectivity index (χ2n) is 3.88. The number of sulfonamides is 1. The van der Waals surface area contributed by atoms with Crippen molar-refractivity contribution < 1.29 is 13.2 Å². The molecule has 0 aliphatic heterocycles. The van der Waals surface area contributed by atoms with Gasteiger partial charge in [0.2, 0.25) is 10.0 Å². The highest BCUT2D eigenvalue weighted by molar-refractivity contribution is 7.89. The highest BCUT2D eigenvalue weighted by Crippen LogP contribution is 2.32. The molecule has 0 radical (unpaired) electrons. The van der Waals surface area contributed by atoms with E-state index in [1.54, 1.807) is 7.11 Å². The Labute approximate surface area is 91.6 Å². The van der Waals surface area contributed by atoms with Crippen molar-refractivity contribution in [3.63, 3.8) is 0 Å². The van der Waals surface area contributed by atoms with Gasteiger partial charge < -0.3 is 10.1 Å². The van der Waals surface area contributed by atoms with Gasteiger partial charge in [0.15, 0.2) is 0 Å². The fourth-order valence-electron chi connectivity index (χ4n) is 1.52. The monoisotopic (exact) mass is 236 g/mol. The minimum Gasteiger partial charge on any atom is -0.383 e. The van der Waals surface area contributed by atoms with Crippen LogP contribution >= 0.6 is 0 Å². The fourth-order valence-corrected chi connectivity index (χ4v) is 2.11. The molecule has 0 aromatic heterocycles. The summed E-state index contributed by atoms with van der Waals surface area (Å²) < 4.78 is 29.7. The molecule has 0 heterocycles. The number of hydrogen-bond acceptors (Lipinski definition) is 4. The minimum absolute atomic E-state index is 0.121. The maximum absolute atomic E-state index is 11.1. The molecule has 0 saturated heterocycles. The van der Waals surface area contributed by atoms with Crippen LogP contribution in [0.5, 0.6) is 0 Å². The smallest absolute Gasteiger partial charge is 0.212 e. The van der Waals surface area contributed by atoms with E-state index in [1.165, 1.54) is 19.9 Å². The van der Waals surface area contributed by atoms with E-state index in [-0.39, 0.29) is 5.75 Å². The summed E-state index contributed by atoms with van der Waals surface area (Å²) in [5.41, 5.74) is 0. The molecule has 1 rings (SSSR count). The molecule has 1 saturated carbocycles. The van der Waals surface area contributed by atoms with Crippen LogP contribution in [0.2, 0.25) is 0 Å². The molecule has 1 atom stereocenters. The van der Waals surface area contributed by atoms with Gasteiger partial charge in [-0.2, -0.15) is 0 Å². The van der Waals surface area contributed by atoms with Crippen molar-refractivity contribution in [2.24, 2.45) is 5.92 Å². The van der Waals surface area contributed by atoms with E-state index < -0.39 is 10.0 Å². The third-order valence-electron chi connectivity index (χ3n) is 2.63. The van der Waals surface area contributed by atoms with Gasteiger partial charge in [0, 0.05) is 19.7 Å². The van der Waals surface area contributed by atoms with E-state index in [0.29, 0.717) is 25.1 Å². The van der Waals surface area contributed by atoms with Crippen LogP contribution in [-0.2, 0) is 14.8 Å². The lowest BCUT2D eigenvalue weighted by atomic mass is 10.2. The summed E-state index contributed by atoms with van der Waals surface area (Å²) in [5, 5.41) is 3.23. The van der Waals surface area contributed by atoms with Gasteiger partial charge in [-0.3, -0.25) is 0 Å². The topological polar surface area (TPSA) is 67.4 Å². The van der Waals surface area contributed by atoms with E-state index in [1.807, 2.05) is 0 Å². The Balaban J connectivity index is 2.22. The predicted octanol–water partition coefficient (Wildman–Crippen LogP) is -0.450. The Morgan fingerprint density at radius 3 is 2.60 bits per heavy atom. The Bertz CT molecular complexity index is 275. The number of methoxy groups -OCH3 is 1. The molecule has 0 spiro atoms. The first-order valence-corrected chi connectivity index (χ1v) is 6.88. The first kappa shape index (κ1) is 12.9. The van der Waals surface area contributed by atoms with Gasteiger partial charge in [0.25, 0.3) is 0 Å². The molecule has 1 unspecified atom stereocenters. The van der Waals surface area contributed by atoms with Crippen LogP contribution in [-0.4, -0.2) is 47.5 Å². The average Bonchev–Trinajstić information content (AvgIpc) is 3.00. The van der Waals surface area contributed by atoms with Crippen molar-refractivity contribution in [2.45, 2.75) is 18.9 Å². The second-order valence-corrected chi connectivity index (χ2v) is 5.92. The summed E-state index contributed by atoms with van der Waals surface area (Å²) >= 11 is 0. The lowest BCUT2D eigenvalue weighted by Crippen LogP contribution is -2.39. The van der Waals surface area contributed by atoms with Crippen LogP contribution in [0, 0.1) is 5.92 Å². The lowest BCUT2D eigenvalue weighted by Gasteiger charge is -2.16. The van der Waals surface area contributed by atoms with Gasteiger partial charge in [0.05, 0.1) is 12.4 Å². The molecular formula is C9H20N2O3S.